The molecule has 1 aromatic heterocycles. The smallest absolute Gasteiger partial charge is 0.333 e. The number of aromatic amines is 1. The number of carbonyl (C=O) groups is 1. The van der Waals surface area contributed by atoms with Gasteiger partial charge in [0.05, 0.1) is 6.61 Å². The molecule has 6 nitrogen and oxygen atoms in total. The molecular weight excluding hydrogens is 272 g/mol. The summed E-state index contributed by atoms with van der Waals surface area (Å²) in [7, 11) is 0. The van der Waals surface area contributed by atoms with Gasteiger partial charge >= 0.3 is 11.7 Å². The molecule has 0 aliphatic carbocycles. The van der Waals surface area contributed by atoms with E-state index in [1.165, 1.54) is 16.8 Å². The van der Waals surface area contributed by atoms with Crippen molar-refractivity contribution in [2.45, 2.75) is 45.6 Å². The average molecular weight is 294 g/mol. The quantitative estimate of drug-likeness (QED) is 0.426. The normalized spacial score (nSPS) is 10.3. The lowest BCUT2D eigenvalue weighted by molar-refractivity contribution is -0.139. The highest BCUT2D eigenvalue weighted by molar-refractivity contribution is 5.87. The van der Waals surface area contributed by atoms with Crippen molar-refractivity contribution < 1.29 is 9.53 Å². The number of rotatable bonds is 9. The maximum absolute atomic E-state index is 11.5. The highest BCUT2D eigenvalue weighted by Crippen LogP contribution is 2.04. The van der Waals surface area contributed by atoms with Gasteiger partial charge in [0, 0.05) is 24.4 Å². The molecule has 0 atom stereocenters. The summed E-state index contributed by atoms with van der Waals surface area (Å²) in [5.41, 5.74) is -0.182. The van der Waals surface area contributed by atoms with Gasteiger partial charge in [0.1, 0.15) is 0 Å². The summed E-state index contributed by atoms with van der Waals surface area (Å²) in [6, 6.07) is 1.33. The summed E-state index contributed by atoms with van der Waals surface area (Å²) in [5, 5.41) is 0. The van der Waals surface area contributed by atoms with Gasteiger partial charge < -0.3 is 9.72 Å². The topological polar surface area (TPSA) is 81.2 Å². The molecule has 0 unspecified atom stereocenters. The van der Waals surface area contributed by atoms with Gasteiger partial charge in [-0.25, -0.2) is 9.59 Å². The van der Waals surface area contributed by atoms with Crippen LogP contribution in [0, 0.1) is 0 Å². The maximum atomic E-state index is 11.5. The van der Waals surface area contributed by atoms with Gasteiger partial charge in [-0.15, -0.1) is 0 Å². The zero-order chi connectivity index (χ0) is 15.7. The second kappa shape index (κ2) is 8.94. The Morgan fingerprint density at radius 3 is 2.67 bits per heavy atom. The van der Waals surface area contributed by atoms with Gasteiger partial charge in [0.2, 0.25) is 0 Å². The van der Waals surface area contributed by atoms with Crippen LogP contribution in [-0.2, 0) is 16.1 Å². The van der Waals surface area contributed by atoms with Gasteiger partial charge in [0.25, 0.3) is 5.56 Å². The fourth-order valence-electron chi connectivity index (χ4n) is 1.80. The van der Waals surface area contributed by atoms with Crippen LogP contribution in [0.3, 0.4) is 0 Å². The molecule has 1 N–H and O–H groups in total. The minimum atomic E-state index is -0.380. The van der Waals surface area contributed by atoms with Crippen molar-refractivity contribution >= 4 is 5.97 Å². The summed E-state index contributed by atoms with van der Waals surface area (Å²) in [4.78, 5) is 36.7. The average Bonchev–Trinajstić information content (AvgIpc) is 2.47. The fourth-order valence-corrected chi connectivity index (χ4v) is 1.80. The largest absolute Gasteiger partial charge is 0.462 e. The second-order valence-electron chi connectivity index (χ2n) is 4.78. The first-order chi connectivity index (χ1) is 10.1. The molecule has 0 saturated heterocycles. The molecule has 0 bridgehead atoms. The zero-order valence-electron chi connectivity index (χ0n) is 12.4. The number of nitrogens with one attached hydrogen (secondary N) is 1. The summed E-state index contributed by atoms with van der Waals surface area (Å²) in [6.45, 7) is 6.25. The van der Waals surface area contributed by atoms with Crippen molar-refractivity contribution in [2.24, 2.45) is 0 Å². The van der Waals surface area contributed by atoms with E-state index in [0.717, 1.165) is 25.7 Å². The first-order valence-corrected chi connectivity index (χ1v) is 7.19. The van der Waals surface area contributed by atoms with E-state index in [2.05, 4.69) is 11.6 Å². The van der Waals surface area contributed by atoms with Crippen LogP contribution < -0.4 is 11.2 Å². The lowest BCUT2D eigenvalue weighted by Crippen LogP contribution is -2.33. The van der Waals surface area contributed by atoms with E-state index in [1.807, 2.05) is 6.92 Å². The molecule has 21 heavy (non-hydrogen) atoms. The first kappa shape index (κ1) is 16.9. The predicted octanol–water partition coefficient (Wildman–Crippen LogP) is 1.61. The number of carbonyl (C=O) groups excluding carboxylic acids is 1. The molecule has 6 heteroatoms. The van der Waals surface area contributed by atoms with Gasteiger partial charge in [-0.2, -0.15) is 0 Å². The second-order valence-corrected chi connectivity index (χ2v) is 4.78. The van der Waals surface area contributed by atoms with E-state index in [1.54, 1.807) is 0 Å². The van der Waals surface area contributed by atoms with Gasteiger partial charge in [-0.3, -0.25) is 9.36 Å². The Morgan fingerprint density at radius 1 is 1.29 bits per heavy atom. The summed E-state index contributed by atoms with van der Waals surface area (Å²) in [5.74, 6) is -0.333. The third-order valence-corrected chi connectivity index (χ3v) is 3.17. The van der Waals surface area contributed by atoms with Crippen molar-refractivity contribution in [3.63, 3.8) is 0 Å². The number of aromatic nitrogens is 2. The Balaban J connectivity index is 2.16. The molecule has 1 rings (SSSR count). The third kappa shape index (κ3) is 5.81. The van der Waals surface area contributed by atoms with Gasteiger partial charge in [0.15, 0.2) is 0 Å². The molecule has 0 saturated carbocycles. The molecule has 0 spiro atoms. The highest BCUT2D eigenvalue weighted by atomic mass is 16.5. The number of nitrogens with zero attached hydrogens (tertiary/aromatic N) is 1. The van der Waals surface area contributed by atoms with Crippen molar-refractivity contribution in [3.05, 3.63) is 45.3 Å². The van der Waals surface area contributed by atoms with Gasteiger partial charge in [-0.1, -0.05) is 19.9 Å². The van der Waals surface area contributed by atoms with Crippen LogP contribution in [0.2, 0.25) is 0 Å². The number of esters is 1. The number of unbranched alkanes of at least 4 members (excludes halogenated alkanes) is 3. The Bertz CT molecular complexity index is 558. The lowest BCUT2D eigenvalue weighted by Gasteiger charge is -2.06. The number of ether oxygens (including phenoxy) is 1. The number of hydrogen-bond acceptors (Lipinski definition) is 4. The fraction of sp³-hybridized carbons (Fsp3) is 0.533. The minimum absolute atomic E-state index is 0.286. The van der Waals surface area contributed by atoms with Crippen molar-refractivity contribution in [1.82, 2.24) is 9.55 Å². The lowest BCUT2D eigenvalue weighted by atomic mass is 10.2. The standard InChI is InChI=1S/C15H22N2O4/c1-3-12(2)14(19)21-11-7-5-4-6-10-17-13(18)8-9-16-15(17)20/h8-9H,2-7,10-11H2,1H3,(H,16,20). The van der Waals surface area contributed by atoms with E-state index in [9.17, 15) is 14.4 Å². The predicted molar refractivity (Wildman–Crippen MR) is 80.2 cm³/mol. The molecule has 1 aromatic rings. The van der Waals surface area contributed by atoms with Crippen LogP contribution >= 0.6 is 0 Å². The van der Waals surface area contributed by atoms with E-state index < -0.39 is 0 Å². The van der Waals surface area contributed by atoms with Crippen molar-refractivity contribution in [3.8, 4) is 0 Å². The minimum Gasteiger partial charge on any atom is -0.462 e. The highest BCUT2D eigenvalue weighted by Gasteiger charge is 2.05. The summed E-state index contributed by atoms with van der Waals surface area (Å²) in [6.07, 6.45) is 5.20. The molecule has 0 aromatic carbocycles. The van der Waals surface area contributed by atoms with E-state index in [-0.39, 0.29) is 17.2 Å². The molecule has 0 radical (unpaired) electrons. The maximum Gasteiger partial charge on any atom is 0.333 e. The van der Waals surface area contributed by atoms with Crippen LogP contribution in [0.25, 0.3) is 0 Å². The van der Waals surface area contributed by atoms with Crippen LogP contribution in [0.5, 0.6) is 0 Å². The monoisotopic (exact) mass is 294 g/mol. The molecule has 0 aliphatic heterocycles. The number of H-pyrrole nitrogens is 1. The van der Waals surface area contributed by atoms with E-state index in [0.29, 0.717) is 25.1 Å². The Hall–Kier alpha value is -2.11. The Morgan fingerprint density at radius 2 is 2.00 bits per heavy atom. The Labute approximate surface area is 123 Å². The van der Waals surface area contributed by atoms with Crippen LogP contribution in [0.1, 0.15) is 39.0 Å². The van der Waals surface area contributed by atoms with Crippen LogP contribution in [-0.4, -0.2) is 22.1 Å². The number of hydrogen-bond donors (Lipinski definition) is 1. The van der Waals surface area contributed by atoms with Crippen LogP contribution in [0.4, 0.5) is 0 Å². The van der Waals surface area contributed by atoms with E-state index in [4.69, 9.17) is 4.74 Å². The van der Waals surface area contributed by atoms with Crippen molar-refractivity contribution in [1.29, 1.82) is 0 Å². The molecule has 1 heterocycles. The van der Waals surface area contributed by atoms with Crippen LogP contribution in [0.15, 0.2) is 34.0 Å². The summed E-state index contributed by atoms with van der Waals surface area (Å²) >= 11 is 0. The Kier molecular flexibility index (Phi) is 7.21. The van der Waals surface area contributed by atoms with E-state index >= 15 is 0 Å². The molecule has 0 amide bonds. The third-order valence-electron chi connectivity index (χ3n) is 3.17. The first-order valence-electron chi connectivity index (χ1n) is 7.19. The zero-order valence-corrected chi connectivity index (χ0v) is 12.4. The SMILES string of the molecule is C=C(CC)C(=O)OCCCCCCn1c(=O)cc[nH]c1=O. The van der Waals surface area contributed by atoms with Gasteiger partial charge in [-0.05, 0) is 25.7 Å². The summed E-state index contributed by atoms with van der Waals surface area (Å²) < 4.78 is 6.23. The molecular formula is C15H22N2O4. The molecule has 116 valence electrons. The molecule has 0 aliphatic rings. The molecule has 0 fully saturated rings. The van der Waals surface area contributed by atoms with Crippen molar-refractivity contribution in [2.75, 3.05) is 6.61 Å².